The largest absolute Gasteiger partial charge is 0.333 e. The predicted octanol–water partition coefficient (Wildman–Crippen LogP) is 0.969. The molecule has 2 heterocycles. The highest BCUT2D eigenvalue weighted by atomic mass is 15.2. The molecular weight excluding hydrogens is 214 g/mol. The van der Waals surface area contributed by atoms with E-state index in [0.717, 1.165) is 26.1 Å². The van der Waals surface area contributed by atoms with Crippen molar-refractivity contribution in [2.45, 2.75) is 26.4 Å². The van der Waals surface area contributed by atoms with Gasteiger partial charge in [-0.25, -0.2) is 4.98 Å². The molecule has 0 atom stereocenters. The lowest BCUT2D eigenvalue weighted by Crippen LogP contribution is -2.15. The van der Waals surface area contributed by atoms with Crippen LogP contribution in [0.2, 0.25) is 0 Å². The third-order valence-electron chi connectivity index (χ3n) is 2.75. The summed E-state index contributed by atoms with van der Waals surface area (Å²) < 4.78 is 4.03. The monoisotopic (exact) mass is 233 g/mol. The van der Waals surface area contributed by atoms with Gasteiger partial charge in [0.15, 0.2) is 0 Å². The fourth-order valence-electron chi connectivity index (χ4n) is 1.80. The van der Waals surface area contributed by atoms with Gasteiger partial charge >= 0.3 is 0 Å². The van der Waals surface area contributed by atoms with E-state index in [1.165, 1.54) is 11.3 Å². The number of aryl methyl sites for hydroxylation is 3. The van der Waals surface area contributed by atoms with Crippen LogP contribution in [-0.2, 0) is 26.6 Å². The first-order chi connectivity index (χ1) is 8.29. The lowest BCUT2D eigenvalue weighted by Gasteiger charge is -2.07. The number of imidazole rings is 1. The third kappa shape index (κ3) is 3.17. The second-order valence-corrected chi connectivity index (χ2v) is 4.13. The summed E-state index contributed by atoms with van der Waals surface area (Å²) in [5.74, 6) is 0. The van der Waals surface area contributed by atoms with E-state index in [2.05, 4.69) is 33.1 Å². The number of nitrogens with one attached hydrogen (secondary N) is 1. The first-order valence-corrected chi connectivity index (χ1v) is 5.97. The molecule has 17 heavy (non-hydrogen) atoms. The second kappa shape index (κ2) is 5.63. The Labute approximate surface area is 101 Å². The highest BCUT2D eigenvalue weighted by Crippen LogP contribution is 2.04. The van der Waals surface area contributed by atoms with Crippen LogP contribution in [0.4, 0.5) is 0 Å². The molecular formula is C12H19N5. The van der Waals surface area contributed by atoms with Crippen molar-refractivity contribution in [3.8, 4) is 0 Å². The molecule has 5 nitrogen and oxygen atoms in total. The molecule has 0 unspecified atom stereocenters. The van der Waals surface area contributed by atoms with E-state index in [9.17, 15) is 0 Å². The molecule has 5 heteroatoms. The van der Waals surface area contributed by atoms with E-state index < -0.39 is 0 Å². The highest BCUT2D eigenvalue weighted by Gasteiger charge is 2.02. The summed E-state index contributed by atoms with van der Waals surface area (Å²) in [5, 5.41) is 7.48. The average Bonchev–Trinajstić information content (AvgIpc) is 2.92. The number of aromatic nitrogens is 4. The Kier molecular flexibility index (Phi) is 3.93. The first-order valence-electron chi connectivity index (χ1n) is 5.97. The lowest BCUT2D eigenvalue weighted by atomic mass is 10.2. The first kappa shape index (κ1) is 11.9. The zero-order chi connectivity index (χ0) is 12.1. The topological polar surface area (TPSA) is 47.7 Å². The van der Waals surface area contributed by atoms with Gasteiger partial charge in [-0.2, -0.15) is 5.10 Å². The zero-order valence-corrected chi connectivity index (χ0v) is 10.4. The van der Waals surface area contributed by atoms with Gasteiger partial charge in [0.05, 0.1) is 18.2 Å². The van der Waals surface area contributed by atoms with Gasteiger partial charge < -0.3 is 9.88 Å². The molecule has 0 aliphatic heterocycles. The number of rotatable bonds is 6. The number of nitrogens with zero attached hydrogens (tertiary/aromatic N) is 4. The zero-order valence-electron chi connectivity index (χ0n) is 10.4. The molecule has 0 radical (unpaired) electrons. The maximum absolute atomic E-state index is 4.19. The third-order valence-corrected chi connectivity index (χ3v) is 2.75. The molecule has 0 saturated carbocycles. The molecule has 0 fully saturated rings. The highest BCUT2D eigenvalue weighted by molar-refractivity contribution is 5.05. The van der Waals surface area contributed by atoms with Gasteiger partial charge in [-0.1, -0.05) is 6.92 Å². The maximum Gasteiger partial charge on any atom is 0.0948 e. The van der Waals surface area contributed by atoms with E-state index in [1.54, 1.807) is 0 Å². The summed E-state index contributed by atoms with van der Waals surface area (Å²) in [4.78, 5) is 4.19. The molecule has 0 bridgehead atoms. The quantitative estimate of drug-likeness (QED) is 0.808. The molecule has 0 aromatic carbocycles. The minimum atomic E-state index is 0.879. The van der Waals surface area contributed by atoms with Gasteiger partial charge in [-0.05, 0) is 18.5 Å². The predicted molar refractivity (Wildman–Crippen MR) is 66.5 cm³/mol. The molecule has 2 aromatic heterocycles. The van der Waals surface area contributed by atoms with Crippen LogP contribution in [0, 0.1) is 0 Å². The Hall–Kier alpha value is -1.62. The minimum absolute atomic E-state index is 0.879. The Morgan fingerprint density at radius 1 is 1.35 bits per heavy atom. The molecule has 0 spiro atoms. The minimum Gasteiger partial charge on any atom is -0.333 e. The van der Waals surface area contributed by atoms with E-state index >= 15 is 0 Å². The van der Waals surface area contributed by atoms with Gasteiger partial charge in [-0.3, -0.25) is 4.68 Å². The van der Waals surface area contributed by atoms with Gasteiger partial charge in [-0.15, -0.1) is 0 Å². The van der Waals surface area contributed by atoms with Crippen molar-refractivity contribution in [1.82, 2.24) is 24.6 Å². The van der Waals surface area contributed by atoms with E-state index in [-0.39, 0.29) is 0 Å². The molecule has 2 aromatic rings. The van der Waals surface area contributed by atoms with Gasteiger partial charge in [0.2, 0.25) is 0 Å². The number of hydrogen-bond acceptors (Lipinski definition) is 3. The summed E-state index contributed by atoms with van der Waals surface area (Å²) in [6, 6.07) is 0. The molecule has 0 aliphatic rings. The molecule has 0 aliphatic carbocycles. The Bertz CT molecular complexity index is 457. The normalized spacial score (nSPS) is 10.9. The standard InChI is InChI=1S/C12H19N5/c1-3-13-7-12-8-14-10-17(12)5-4-11-6-15-16(2)9-11/h6,8-10,13H,3-5,7H2,1-2H3. The Morgan fingerprint density at radius 3 is 2.94 bits per heavy atom. The van der Waals surface area contributed by atoms with Crippen LogP contribution in [0.15, 0.2) is 24.9 Å². The van der Waals surface area contributed by atoms with Gasteiger partial charge in [0.25, 0.3) is 0 Å². The fourth-order valence-corrected chi connectivity index (χ4v) is 1.80. The Balaban J connectivity index is 1.92. The van der Waals surface area contributed by atoms with E-state index in [1.807, 2.05) is 30.5 Å². The molecule has 0 amide bonds. The van der Waals surface area contributed by atoms with Crippen LogP contribution >= 0.6 is 0 Å². The maximum atomic E-state index is 4.19. The van der Waals surface area contributed by atoms with Crippen LogP contribution < -0.4 is 5.32 Å². The Morgan fingerprint density at radius 2 is 2.24 bits per heavy atom. The van der Waals surface area contributed by atoms with Crippen molar-refractivity contribution >= 4 is 0 Å². The lowest BCUT2D eigenvalue weighted by molar-refractivity contribution is 0.619. The molecule has 0 saturated heterocycles. The van der Waals surface area contributed by atoms with E-state index in [0.29, 0.717) is 0 Å². The smallest absolute Gasteiger partial charge is 0.0948 e. The summed E-state index contributed by atoms with van der Waals surface area (Å²) >= 11 is 0. The summed E-state index contributed by atoms with van der Waals surface area (Å²) in [7, 11) is 1.94. The van der Waals surface area contributed by atoms with Crippen molar-refractivity contribution in [3.63, 3.8) is 0 Å². The molecule has 92 valence electrons. The van der Waals surface area contributed by atoms with Crippen LogP contribution in [0.3, 0.4) is 0 Å². The summed E-state index contributed by atoms with van der Waals surface area (Å²) in [6.45, 7) is 4.92. The van der Waals surface area contributed by atoms with Crippen molar-refractivity contribution < 1.29 is 0 Å². The number of hydrogen-bond donors (Lipinski definition) is 1. The van der Waals surface area contributed by atoms with Gasteiger partial charge in [0.1, 0.15) is 0 Å². The van der Waals surface area contributed by atoms with E-state index in [4.69, 9.17) is 0 Å². The van der Waals surface area contributed by atoms with Gasteiger partial charge in [0, 0.05) is 32.5 Å². The average molecular weight is 233 g/mol. The van der Waals surface area contributed by atoms with Crippen LogP contribution in [-0.4, -0.2) is 25.9 Å². The molecule has 2 rings (SSSR count). The summed E-state index contributed by atoms with van der Waals surface area (Å²) in [5.41, 5.74) is 2.49. The second-order valence-electron chi connectivity index (χ2n) is 4.13. The SMILES string of the molecule is CCNCc1cncn1CCc1cnn(C)c1. The summed E-state index contributed by atoms with van der Waals surface area (Å²) in [6.07, 6.45) is 8.78. The van der Waals surface area contributed by atoms with Crippen LogP contribution in [0.25, 0.3) is 0 Å². The van der Waals surface area contributed by atoms with Crippen LogP contribution in [0.5, 0.6) is 0 Å². The van der Waals surface area contributed by atoms with Crippen LogP contribution in [0.1, 0.15) is 18.2 Å². The molecule has 1 N–H and O–H groups in total. The fraction of sp³-hybridized carbons (Fsp3) is 0.500. The van der Waals surface area contributed by atoms with Crippen molar-refractivity contribution in [3.05, 3.63) is 36.2 Å². The van der Waals surface area contributed by atoms with Crippen molar-refractivity contribution in [2.75, 3.05) is 6.54 Å². The van der Waals surface area contributed by atoms with Crippen molar-refractivity contribution in [2.24, 2.45) is 7.05 Å². The van der Waals surface area contributed by atoms with Crippen molar-refractivity contribution in [1.29, 1.82) is 0 Å².